The second kappa shape index (κ2) is 10.7. The molecule has 3 rings (SSSR count). The monoisotopic (exact) mass is 453 g/mol. The first kappa shape index (κ1) is 25.5. The summed E-state index contributed by atoms with van der Waals surface area (Å²) < 4.78 is 14.9. The first-order valence-electron chi connectivity index (χ1n) is 10.8. The van der Waals surface area contributed by atoms with Crippen LogP contribution in [0.5, 0.6) is 0 Å². The molecule has 0 bridgehead atoms. The predicted octanol–water partition coefficient (Wildman–Crippen LogP) is 4.07. The van der Waals surface area contributed by atoms with E-state index in [0.717, 1.165) is 38.7 Å². The van der Waals surface area contributed by atoms with E-state index in [1.807, 2.05) is 11.0 Å². The number of amides is 1. The Kier molecular flexibility index (Phi) is 8.77. The number of halogens is 1. The molecule has 0 radical (unpaired) electrons. The van der Waals surface area contributed by atoms with Crippen LogP contribution >= 0.6 is 11.8 Å². The maximum Gasteiger partial charge on any atom is 0.300 e. The lowest BCUT2D eigenvalue weighted by Gasteiger charge is -2.43. The van der Waals surface area contributed by atoms with E-state index >= 15 is 0 Å². The highest BCUT2D eigenvalue weighted by molar-refractivity contribution is 8.00. The highest BCUT2D eigenvalue weighted by Gasteiger charge is 2.36. The summed E-state index contributed by atoms with van der Waals surface area (Å²) in [5.41, 5.74) is 1.76. The Morgan fingerprint density at radius 3 is 2.32 bits per heavy atom. The summed E-state index contributed by atoms with van der Waals surface area (Å²) in [5.74, 6) is 0.0145. The van der Waals surface area contributed by atoms with Crippen LogP contribution in [0.2, 0.25) is 0 Å². The molecule has 0 saturated carbocycles. The van der Waals surface area contributed by atoms with Crippen molar-refractivity contribution in [1.29, 1.82) is 0 Å². The Bertz CT molecular complexity index is 770. The molecule has 2 fully saturated rings. The number of benzene rings is 1. The molecule has 1 unspecified atom stereocenters. The number of hydrogen-bond acceptors (Lipinski definition) is 5. The van der Waals surface area contributed by atoms with Crippen molar-refractivity contribution in [1.82, 2.24) is 9.80 Å². The molecule has 174 valence electrons. The fourth-order valence-corrected chi connectivity index (χ4v) is 5.19. The van der Waals surface area contributed by atoms with Crippen molar-refractivity contribution in [2.75, 3.05) is 43.4 Å². The first-order valence-corrected chi connectivity index (χ1v) is 11.9. The minimum atomic E-state index is -0.833. The number of piperazine rings is 1. The molecular weight excluding hydrogens is 417 g/mol. The maximum absolute atomic E-state index is 14.9. The zero-order chi connectivity index (χ0) is 23.3. The van der Waals surface area contributed by atoms with Gasteiger partial charge in [-0.1, -0.05) is 26.0 Å². The summed E-state index contributed by atoms with van der Waals surface area (Å²) in [6, 6.07) is 5.32. The van der Waals surface area contributed by atoms with Crippen LogP contribution in [0.25, 0.3) is 0 Å². The van der Waals surface area contributed by atoms with E-state index in [2.05, 4.69) is 44.4 Å². The number of rotatable bonds is 4. The first-order chi connectivity index (χ1) is 14.4. The molecule has 1 amide bonds. The van der Waals surface area contributed by atoms with Crippen LogP contribution in [0.4, 0.5) is 10.1 Å². The fraction of sp³-hybridized carbons (Fsp3) is 0.652. The number of carboxylic acids is 1. The summed E-state index contributed by atoms with van der Waals surface area (Å²) in [5, 5.41) is 7.33. The molecule has 8 heteroatoms. The van der Waals surface area contributed by atoms with E-state index in [9.17, 15) is 9.18 Å². The van der Waals surface area contributed by atoms with Crippen LogP contribution in [0.1, 0.15) is 52.5 Å². The third-order valence-electron chi connectivity index (χ3n) is 5.36. The van der Waals surface area contributed by atoms with Gasteiger partial charge in [-0.3, -0.25) is 14.5 Å². The number of carboxylic acid groups (broad SMARTS) is 1. The Balaban J connectivity index is 0.000000785. The number of carbonyl (C=O) groups excluding carboxylic acids is 1. The summed E-state index contributed by atoms with van der Waals surface area (Å²) in [6.45, 7) is 16.2. The molecule has 2 aliphatic heterocycles. The van der Waals surface area contributed by atoms with Crippen molar-refractivity contribution in [3.63, 3.8) is 0 Å². The van der Waals surface area contributed by atoms with Gasteiger partial charge in [-0.05, 0) is 32.8 Å². The number of carbonyl (C=O) groups is 2. The number of thioether (sulfide) groups is 1. The second-order valence-corrected chi connectivity index (χ2v) is 10.5. The maximum atomic E-state index is 14.9. The van der Waals surface area contributed by atoms with Gasteiger partial charge in [0.25, 0.3) is 5.97 Å². The Morgan fingerprint density at radius 2 is 1.81 bits per heavy atom. The molecule has 31 heavy (non-hydrogen) atoms. The van der Waals surface area contributed by atoms with Gasteiger partial charge < -0.3 is 14.9 Å². The lowest BCUT2D eigenvalue weighted by molar-refractivity contribution is -0.134. The molecule has 0 aliphatic carbocycles. The topological polar surface area (TPSA) is 64.1 Å². The molecule has 2 aliphatic rings. The van der Waals surface area contributed by atoms with Crippen molar-refractivity contribution < 1.29 is 19.1 Å². The lowest BCUT2D eigenvalue weighted by Crippen LogP contribution is -2.53. The van der Waals surface area contributed by atoms with Crippen molar-refractivity contribution in [2.45, 2.75) is 52.5 Å². The SMILES string of the molecule is CC(=O)O.CC(C)CN1C(=O)CSC1c1cccc(F)c1N1CCN(C(C)(C)C)CC1. The lowest BCUT2D eigenvalue weighted by atomic mass is 10.0. The van der Waals surface area contributed by atoms with Crippen molar-refractivity contribution >= 4 is 29.3 Å². The Hall–Kier alpha value is -1.80. The third kappa shape index (κ3) is 6.84. The molecular formula is C23H36FN3O3S. The van der Waals surface area contributed by atoms with Gasteiger partial charge >= 0.3 is 0 Å². The minimum absolute atomic E-state index is 0.0914. The standard InChI is InChI=1S/C21H32FN3OS.C2H4O2/c1-15(2)13-25-18(26)14-27-20(25)16-7-6-8-17(22)19(16)23-9-11-24(12-10-23)21(3,4)5;1-2(3)4/h6-8,15,20H,9-14H2,1-5H3;1H3,(H,3,4). The predicted molar refractivity (Wildman–Crippen MR) is 125 cm³/mol. The van der Waals surface area contributed by atoms with Gasteiger partial charge in [-0.2, -0.15) is 0 Å². The zero-order valence-electron chi connectivity index (χ0n) is 19.5. The Morgan fingerprint density at radius 1 is 1.23 bits per heavy atom. The van der Waals surface area contributed by atoms with E-state index in [1.54, 1.807) is 23.9 Å². The fourth-order valence-electron chi connectivity index (χ4n) is 3.97. The highest BCUT2D eigenvalue weighted by Crippen LogP contribution is 2.44. The van der Waals surface area contributed by atoms with Gasteiger partial charge in [0.2, 0.25) is 5.91 Å². The molecule has 2 saturated heterocycles. The normalized spacial score (nSPS) is 20.1. The number of aliphatic carboxylic acids is 1. The van der Waals surface area contributed by atoms with Crippen molar-refractivity contribution in [3.05, 3.63) is 29.6 Å². The van der Waals surface area contributed by atoms with E-state index in [4.69, 9.17) is 9.90 Å². The largest absolute Gasteiger partial charge is 0.481 e. The van der Waals surface area contributed by atoms with E-state index in [0.29, 0.717) is 23.9 Å². The zero-order valence-corrected chi connectivity index (χ0v) is 20.3. The van der Waals surface area contributed by atoms with Crippen molar-refractivity contribution in [2.24, 2.45) is 5.92 Å². The van der Waals surface area contributed by atoms with Crippen LogP contribution < -0.4 is 4.90 Å². The van der Waals surface area contributed by atoms with Crippen LogP contribution in [0, 0.1) is 11.7 Å². The summed E-state index contributed by atoms with van der Waals surface area (Å²) in [7, 11) is 0. The van der Waals surface area contributed by atoms with E-state index in [-0.39, 0.29) is 22.6 Å². The molecule has 2 heterocycles. The van der Waals surface area contributed by atoms with Crippen LogP contribution in [-0.2, 0) is 9.59 Å². The van der Waals surface area contributed by atoms with Crippen LogP contribution in [0.3, 0.4) is 0 Å². The average molecular weight is 454 g/mol. The molecule has 1 aromatic rings. The number of para-hydroxylation sites is 1. The quantitative estimate of drug-likeness (QED) is 0.742. The summed E-state index contributed by atoms with van der Waals surface area (Å²) in [6.07, 6.45) is 0. The molecule has 0 aromatic heterocycles. The van der Waals surface area contributed by atoms with Gasteiger partial charge in [-0.15, -0.1) is 11.8 Å². The van der Waals surface area contributed by atoms with Gasteiger partial charge in [-0.25, -0.2) is 4.39 Å². The van der Waals surface area contributed by atoms with Gasteiger partial charge in [0, 0.05) is 50.7 Å². The van der Waals surface area contributed by atoms with E-state index < -0.39 is 5.97 Å². The highest BCUT2D eigenvalue weighted by atomic mass is 32.2. The third-order valence-corrected chi connectivity index (χ3v) is 6.60. The second-order valence-electron chi connectivity index (χ2n) is 9.44. The Labute approximate surface area is 189 Å². The molecule has 0 spiro atoms. The average Bonchev–Trinajstić information content (AvgIpc) is 3.00. The molecule has 6 nitrogen and oxygen atoms in total. The van der Waals surface area contributed by atoms with E-state index in [1.165, 1.54) is 0 Å². The molecule has 1 N–H and O–H groups in total. The van der Waals surface area contributed by atoms with Crippen LogP contribution in [0.15, 0.2) is 18.2 Å². The number of anilines is 1. The summed E-state index contributed by atoms with van der Waals surface area (Å²) >= 11 is 1.62. The van der Waals surface area contributed by atoms with Crippen LogP contribution in [-0.4, -0.2) is 70.8 Å². The van der Waals surface area contributed by atoms with Crippen molar-refractivity contribution in [3.8, 4) is 0 Å². The molecule has 1 atom stereocenters. The summed E-state index contributed by atoms with van der Waals surface area (Å²) in [4.78, 5) is 28.0. The van der Waals surface area contributed by atoms with Gasteiger partial charge in [0.1, 0.15) is 11.2 Å². The van der Waals surface area contributed by atoms with Gasteiger partial charge in [0.15, 0.2) is 0 Å². The van der Waals surface area contributed by atoms with Gasteiger partial charge in [0.05, 0.1) is 11.4 Å². The number of nitrogens with zero attached hydrogens (tertiary/aromatic N) is 3. The molecule has 1 aromatic carbocycles. The smallest absolute Gasteiger partial charge is 0.300 e. The minimum Gasteiger partial charge on any atom is -0.481 e. The number of hydrogen-bond donors (Lipinski definition) is 1.